The van der Waals surface area contributed by atoms with Crippen LogP contribution in [-0.2, 0) is 11.3 Å². The number of thiophene rings is 1. The summed E-state index contributed by atoms with van der Waals surface area (Å²) in [6.07, 6.45) is 1.17. The molecule has 1 aliphatic rings. The third-order valence-electron chi connectivity index (χ3n) is 4.61. The van der Waals surface area contributed by atoms with Gasteiger partial charge in [-0.15, -0.1) is 0 Å². The van der Waals surface area contributed by atoms with Crippen LogP contribution in [0.4, 0.5) is 0 Å². The maximum Gasteiger partial charge on any atom is 0.252 e. The number of rotatable bonds is 7. The van der Waals surface area contributed by atoms with E-state index in [9.17, 15) is 9.59 Å². The summed E-state index contributed by atoms with van der Waals surface area (Å²) >= 11 is 1.51. The number of carbonyl (C=O) groups is 2. The molecule has 26 heavy (non-hydrogen) atoms. The van der Waals surface area contributed by atoms with E-state index in [-0.39, 0.29) is 11.8 Å². The van der Waals surface area contributed by atoms with Gasteiger partial charge in [-0.3, -0.25) is 14.5 Å². The third kappa shape index (κ3) is 5.41. The molecule has 1 saturated heterocycles. The van der Waals surface area contributed by atoms with Crippen LogP contribution < -0.4 is 5.32 Å². The standard InChI is InChI=1S/C20H25N3O2S/c24-19(7-4-9-21-20(25)18-8-14-26-16-18)23-12-10-22(11-13-23)15-17-5-2-1-3-6-17/h1-3,5-6,8,14,16H,4,7,9-13,15H2,(H,21,25). The first-order valence-electron chi connectivity index (χ1n) is 9.07. The van der Waals surface area contributed by atoms with E-state index in [1.54, 1.807) is 6.07 Å². The van der Waals surface area contributed by atoms with Gasteiger partial charge in [-0.1, -0.05) is 30.3 Å². The van der Waals surface area contributed by atoms with E-state index >= 15 is 0 Å². The lowest BCUT2D eigenvalue weighted by atomic mass is 10.2. The fourth-order valence-electron chi connectivity index (χ4n) is 3.09. The highest BCUT2D eigenvalue weighted by Gasteiger charge is 2.20. The van der Waals surface area contributed by atoms with Crippen molar-refractivity contribution in [1.29, 1.82) is 0 Å². The summed E-state index contributed by atoms with van der Waals surface area (Å²) in [6.45, 7) is 4.87. The van der Waals surface area contributed by atoms with Gasteiger partial charge in [0.05, 0.1) is 0 Å². The topological polar surface area (TPSA) is 52.7 Å². The Hall–Kier alpha value is -2.18. The van der Waals surface area contributed by atoms with E-state index in [2.05, 4.69) is 34.5 Å². The number of piperazine rings is 1. The molecule has 0 unspecified atom stereocenters. The minimum absolute atomic E-state index is 0.0618. The predicted octanol–water partition coefficient (Wildman–Crippen LogP) is 2.60. The summed E-state index contributed by atoms with van der Waals surface area (Å²) in [4.78, 5) is 28.5. The predicted molar refractivity (Wildman–Crippen MR) is 104 cm³/mol. The zero-order valence-electron chi connectivity index (χ0n) is 14.9. The van der Waals surface area contributed by atoms with Gasteiger partial charge in [0, 0.05) is 56.6 Å². The first-order valence-corrected chi connectivity index (χ1v) is 10.0. The maximum absolute atomic E-state index is 12.3. The van der Waals surface area contributed by atoms with Crippen molar-refractivity contribution in [2.45, 2.75) is 19.4 Å². The number of hydrogen-bond donors (Lipinski definition) is 1. The number of carbonyl (C=O) groups excluding carboxylic acids is 2. The third-order valence-corrected chi connectivity index (χ3v) is 5.29. The summed E-state index contributed by atoms with van der Waals surface area (Å²) in [5.74, 6) is 0.127. The van der Waals surface area contributed by atoms with Crippen LogP contribution in [0.5, 0.6) is 0 Å². The Balaban J connectivity index is 1.31. The summed E-state index contributed by atoms with van der Waals surface area (Å²) in [7, 11) is 0. The molecule has 5 nitrogen and oxygen atoms in total. The molecule has 2 heterocycles. The van der Waals surface area contributed by atoms with Gasteiger partial charge in [0.15, 0.2) is 0 Å². The molecule has 138 valence electrons. The molecule has 1 aliphatic heterocycles. The number of hydrogen-bond acceptors (Lipinski definition) is 4. The highest BCUT2D eigenvalue weighted by molar-refractivity contribution is 7.08. The van der Waals surface area contributed by atoms with E-state index in [0.29, 0.717) is 24.9 Å². The molecule has 0 aliphatic carbocycles. The minimum Gasteiger partial charge on any atom is -0.352 e. The van der Waals surface area contributed by atoms with E-state index in [1.165, 1.54) is 16.9 Å². The minimum atomic E-state index is -0.0618. The molecular formula is C20H25N3O2S. The van der Waals surface area contributed by atoms with Gasteiger partial charge < -0.3 is 10.2 Å². The number of amides is 2. The first kappa shape index (κ1) is 18.6. The van der Waals surface area contributed by atoms with Crippen LogP contribution in [0.3, 0.4) is 0 Å². The lowest BCUT2D eigenvalue weighted by Crippen LogP contribution is -2.48. The maximum atomic E-state index is 12.3. The highest BCUT2D eigenvalue weighted by Crippen LogP contribution is 2.10. The molecule has 6 heteroatoms. The quantitative estimate of drug-likeness (QED) is 0.761. The lowest BCUT2D eigenvalue weighted by molar-refractivity contribution is -0.133. The van der Waals surface area contributed by atoms with Gasteiger partial charge in [-0.25, -0.2) is 0 Å². The number of benzene rings is 1. The largest absolute Gasteiger partial charge is 0.352 e. The van der Waals surface area contributed by atoms with Crippen LogP contribution in [0, 0.1) is 0 Å². The summed E-state index contributed by atoms with van der Waals surface area (Å²) < 4.78 is 0. The zero-order chi connectivity index (χ0) is 18.2. The van der Waals surface area contributed by atoms with Gasteiger partial charge in [0.1, 0.15) is 0 Å². The lowest BCUT2D eigenvalue weighted by Gasteiger charge is -2.34. The monoisotopic (exact) mass is 371 g/mol. The molecule has 3 rings (SSSR count). The molecule has 1 aromatic heterocycles. The molecule has 0 bridgehead atoms. The second-order valence-electron chi connectivity index (χ2n) is 6.51. The van der Waals surface area contributed by atoms with Gasteiger partial charge in [-0.2, -0.15) is 11.3 Å². The van der Waals surface area contributed by atoms with E-state index in [1.807, 2.05) is 21.7 Å². The number of nitrogens with one attached hydrogen (secondary N) is 1. The summed E-state index contributed by atoms with van der Waals surface area (Å²) in [5.41, 5.74) is 2.00. The Morgan fingerprint density at radius 3 is 2.50 bits per heavy atom. The van der Waals surface area contributed by atoms with E-state index in [0.717, 1.165) is 32.7 Å². The first-order chi connectivity index (χ1) is 12.7. The van der Waals surface area contributed by atoms with Gasteiger partial charge in [0.25, 0.3) is 5.91 Å². The molecule has 0 saturated carbocycles. The fourth-order valence-corrected chi connectivity index (χ4v) is 3.73. The Morgan fingerprint density at radius 1 is 1.04 bits per heavy atom. The van der Waals surface area contributed by atoms with Crippen LogP contribution in [-0.4, -0.2) is 54.3 Å². The van der Waals surface area contributed by atoms with Crippen molar-refractivity contribution in [3.8, 4) is 0 Å². The molecule has 1 N–H and O–H groups in total. The van der Waals surface area contributed by atoms with Crippen molar-refractivity contribution in [2.75, 3.05) is 32.7 Å². The Bertz CT molecular complexity index is 695. The zero-order valence-corrected chi connectivity index (χ0v) is 15.7. The molecule has 2 aromatic rings. The van der Waals surface area contributed by atoms with E-state index < -0.39 is 0 Å². The Morgan fingerprint density at radius 2 is 1.81 bits per heavy atom. The average molecular weight is 372 g/mol. The second kappa shape index (κ2) is 9.50. The summed E-state index contributed by atoms with van der Waals surface area (Å²) in [6, 6.07) is 12.2. The van der Waals surface area contributed by atoms with Crippen molar-refractivity contribution in [3.63, 3.8) is 0 Å². The average Bonchev–Trinajstić information content (AvgIpc) is 3.21. The molecule has 1 fully saturated rings. The van der Waals surface area contributed by atoms with Crippen LogP contribution in [0.2, 0.25) is 0 Å². The Labute approximate surface area is 158 Å². The van der Waals surface area contributed by atoms with Crippen LogP contribution in [0.15, 0.2) is 47.2 Å². The van der Waals surface area contributed by atoms with Crippen LogP contribution >= 0.6 is 11.3 Å². The molecule has 0 spiro atoms. The van der Waals surface area contributed by atoms with Crippen molar-refractivity contribution >= 4 is 23.2 Å². The number of nitrogens with zero attached hydrogens (tertiary/aromatic N) is 2. The normalized spacial score (nSPS) is 15.0. The van der Waals surface area contributed by atoms with Crippen molar-refractivity contribution in [1.82, 2.24) is 15.1 Å². The molecular weight excluding hydrogens is 346 g/mol. The van der Waals surface area contributed by atoms with Gasteiger partial charge in [-0.05, 0) is 23.4 Å². The van der Waals surface area contributed by atoms with Crippen LogP contribution in [0.25, 0.3) is 0 Å². The molecule has 1 aromatic carbocycles. The molecule has 2 amide bonds. The SMILES string of the molecule is O=C(NCCCC(=O)N1CCN(Cc2ccccc2)CC1)c1ccsc1. The van der Waals surface area contributed by atoms with Gasteiger partial charge in [0.2, 0.25) is 5.91 Å². The van der Waals surface area contributed by atoms with E-state index in [4.69, 9.17) is 0 Å². The Kier molecular flexibility index (Phi) is 6.80. The second-order valence-corrected chi connectivity index (χ2v) is 7.29. The molecule has 0 atom stereocenters. The summed E-state index contributed by atoms with van der Waals surface area (Å²) in [5, 5.41) is 6.58. The smallest absolute Gasteiger partial charge is 0.252 e. The van der Waals surface area contributed by atoms with Crippen molar-refractivity contribution < 1.29 is 9.59 Å². The van der Waals surface area contributed by atoms with Crippen LogP contribution in [0.1, 0.15) is 28.8 Å². The molecule has 0 radical (unpaired) electrons. The van der Waals surface area contributed by atoms with Gasteiger partial charge >= 0.3 is 0 Å². The fraction of sp³-hybridized carbons (Fsp3) is 0.400. The highest BCUT2D eigenvalue weighted by atomic mass is 32.1. The van der Waals surface area contributed by atoms with Crippen molar-refractivity contribution in [3.05, 3.63) is 58.3 Å². The van der Waals surface area contributed by atoms with Crippen molar-refractivity contribution in [2.24, 2.45) is 0 Å².